The van der Waals surface area contributed by atoms with Crippen LogP contribution in [0, 0.1) is 5.92 Å². The highest BCUT2D eigenvalue weighted by Gasteiger charge is 2.25. The Morgan fingerprint density at radius 2 is 1.68 bits per heavy atom. The molecule has 0 spiro atoms. The molecule has 0 aliphatic carbocycles. The van der Waals surface area contributed by atoms with Crippen molar-refractivity contribution in [1.29, 1.82) is 0 Å². The van der Waals surface area contributed by atoms with Crippen molar-refractivity contribution in [2.24, 2.45) is 5.92 Å². The summed E-state index contributed by atoms with van der Waals surface area (Å²) in [5.41, 5.74) is 0. The molecule has 0 amide bonds. The van der Waals surface area contributed by atoms with Crippen LogP contribution in [0.5, 0.6) is 0 Å². The smallest absolute Gasteiger partial charge is 0.0120 e. The van der Waals surface area contributed by atoms with E-state index in [9.17, 15) is 0 Å². The van der Waals surface area contributed by atoms with Crippen molar-refractivity contribution in [2.45, 2.75) is 57.9 Å². The third-order valence-electron chi connectivity index (χ3n) is 5.02. The van der Waals surface area contributed by atoms with E-state index in [2.05, 4.69) is 29.4 Å². The van der Waals surface area contributed by atoms with Gasteiger partial charge in [-0.2, -0.15) is 12.6 Å². The Morgan fingerprint density at radius 1 is 1.00 bits per heavy atom. The summed E-state index contributed by atoms with van der Waals surface area (Å²) in [6.07, 6.45) is 9.76. The van der Waals surface area contributed by atoms with Gasteiger partial charge in [-0.3, -0.25) is 0 Å². The fourth-order valence-corrected chi connectivity index (χ4v) is 4.00. The summed E-state index contributed by atoms with van der Waals surface area (Å²) in [7, 11) is 0. The van der Waals surface area contributed by atoms with Gasteiger partial charge in [-0.15, -0.1) is 0 Å². The van der Waals surface area contributed by atoms with Crippen LogP contribution in [0.1, 0.15) is 51.9 Å². The molecule has 0 aromatic carbocycles. The fourth-order valence-electron chi connectivity index (χ4n) is 3.56. The lowest BCUT2D eigenvalue weighted by atomic mass is 9.99. The van der Waals surface area contributed by atoms with Crippen LogP contribution in [0.15, 0.2) is 0 Å². The molecule has 1 unspecified atom stereocenters. The van der Waals surface area contributed by atoms with E-state index in [0.29, 0.717) is 0 Å². The average molecular weight is 285 g/mol. The number of nitrogens with zero attached hydrogens (tertiary/aromatic N) is 2. The van der Waals surface area contributed by atoms with E-state index in [1.165, 1.54) is 77.7 Å². The molecule has 0 N–H and O–H groups in total. The first kappa shape index (κ1) is 15.7. The van der Waals surface area contributed by atoms with Crippen LogP contribution in [0.2, 0.25) is 0 Å². The summed E-state index contributed by atoms with van der Waals surface area (Å²) in [5.74, 6) is 1.88. The van der Waals surface area contributed by atoms with Crippen LogP contribution in [-0.4, -0.2) is 54.3 Å². The minimum Gasteiger partial charge on any atom is -0.303 e. The first-order chi connectivity index (χ1) is 9.29. The van der Waals surface area contributed by atoms with Gasteiger partial charge in [0.05, 0.1) is 0 Å². The zero-order valence-electron chi connectivity index (χ0n) is 12.7. The summed E-state index contributed by atoms with van der Waals surface area (Å²) >= 11 is 4.33. The molecule has 2 fully saturated rings. The average Bonchev–Trinajstić information content (AvgIpc) is 2.47. The molecule has 0 aromatic rings. The number of hydrogen-bond acceptors (Lipinski definition) is 3. The van der Waals surface area contributed by atoms with E-state index in [0.717, 1.165) is 17.7 Å². The van der Waals surface area contributed by atoms with Gasteiger partial charge in [0.2, 0.25) is 0 Å². The van der Waals surface area contributed by atoms with Gasteiger partial charge in [0.25, 0.3) is 0 Å². The number of likely N-dealkylation sites (tertiary alicyclic amines) is 2. The molecule has 2 nitrogen and oxygen atoms in total. The Balaban J connectivity index is 1.62. The molecule has 0 bridgehead atoms. The maximum Gasteiger partial charge on any atom is 0.0120 e. The molecule has 3 heteroatoms. The van der Waals surface area contributed by atoms with Crippen molar-refractivity contribution in [1.82, 2.24) is 9.80 Å². The molecular weight excluding hydrogens is 252 g/mol. The molecule has 112 valence electrons. The fraction of sp³-hybridized carbons (Fsp3) is 1.00. The number of piperidine rings is 2. The summed E-state index contributed by atoms with van der Waals surface area (Å²) < 4.78 is 0. The van der Waals surface area contributed by atoms with Crippen molar-refractivity contribution in [2.75, 3.05) is 38.5 Å². The van der Waals surface area contributed by atoms with E-state index < -0.39 is 0 Å². The van der Waals surface area contributed by atoms with E-state index in [4.69, 9.17) is 0 Å². The lowest BCUT2D eigenvalue weighted by molar-refractivity contribution is 0.0902. The minimum absolute atomic E-state index is 0.845. The molecule has 2 aliphatic rings. The SMILES string of the molecule is CC(CCS)CCN1CCC(N2CCCCC2)CC1. The Labute approximate surface area is 125 Å². The van der Waals surface area contributed by atoms with Gasteiger partial charge in [0.1, 0.15) is 0 Å². The first-order valence-electron chi connectivity index (χ1n) is 8.37. The van der Waals surface area contributed by atoms with Gasteiger partial charge in [-0.05, 0) is 82.9 Å². The Hall–Kier alpha value is 0.270. The van der Waals surface area contributed by atoms with E-state index in [1.807, 2.05) is 0 Å². The van der Waals surface area contributed by atoms with Gasteiger partial charge < -0.3 is 9.80 Å². The highest BCUT2D eigenvalue weighted by molar-refractivity contribution is 7.80. The highest BCUT2D eigenvalue weighted by atomic mass is 32.1. The van der Waals surface area contributed by atoms with E-state index in [-0.39, 0.29) is 0 Å². The Bertz CT molecular complexity index is 233. The van der Waals surface area contributed by atoms with Crippen molar-refractivity contribution in [3.8, 4) is 0 Å². The zero-order chi connectivity index (χ0) is 13.5. The molecule has 2 heterocycles. The van der Waals surface area contributed by atoms with Crippen molar-refractivity contribution in [3.63, 3.8) is 0 Å². The summed E-state index contributed by atoms with van der Waals surface area (Å²) in [5, 5.41) is 0. The van der Waals surface area contributed by atoms with Gasteiger partial charge in [0, 0.05) is 6.04 Å². The number of hydrogen-bond donors (Lipinski definition) is 1. The van der Waals surface area contributed by atoms with Crippen LogP contribution in [-0.2, 0) is 0 Å². The standard InChI is InChI=1S/C16H32N2S/c1-15(8-14-19)5-11-17-12-6-16(7-13-17)18-9-3-2-4-10-18/h15-16,19H,2-14H2,1H3. The third kappa shape index (κ3) is 5.28. The number of rotatable bonds is 6. The monoisotopic (exact) mass is 284 g/mol. The Morgan fingerprint density at radius 3 is 2.32 bits per heavy atom. The molecule has 0 aromatic heterocycles. The van der Waals surface area contributed by atoms with Crippen molar-refractivity contribution < 1.29 is 0 Å². The third-order valence-corrected chi connectivity index (χ3v) is 5.28. The second kappa shape index (κ2) is 8.53. The van der Waals surface area contributed by atoms with Gasteiger partial charge in [0.15, 0.2) is 0 Å². The predicted octanol–water partition coefficient (Wildman–Crippen LogP) is 3.28. The predicted molar refractivity (Wildman–Crippen MR) is 87.1 cm³/mol. The summed E-state index contributed by atoms with van der Waals surface area (Å²) in [6, 6.07) is 0.895. The molecule has 2 aliphatic heterocycles. The zero-order valence-corrected chi connectivity index (χ0v) is 13.6. The molecular formula is C16H32N2S. The quantitative estimate of drug-likeness (QED) is 0.748. The van der Waals surface area contributed by atoms with Crippen LogP contribution in [0.3, 0.4) is 0 Å². The van der Waals surface area contributed by atoms with Crippen LogP contribution in [0.4, 0.5) is 0 Å². The Kier molecular flexibility index (Phi) is 7.03. The highest BCUT2D eigenvalue weighted by Crippen LogP contribution is 2.21. The largest absolute Gasteiger partial charge is 0.303 e. The lowest BCUT2D eigenvalue weighted by Crippen LogP contribution is -2.46. The minimum atomic E-state index is 0.845. The molecule has 2 saturated heterocycles. The second-order valence-corrected chi connectivity index (χ2v) is 7.02. The van der Waals surface area contributed by atoms with Gasteiger partial charge in [-0.1, -0.05) is 13.3 Å². The summed E-state index contributed by atoms with van der Waals surface area (Å²) in [4.78, 5) is 5.46. The molecule has 1 atom stereocenters. The van der Waals surface area contributed by atoms with Gasteiger partial charge in [-0.25, -0.2) is 0 Å². The maximum atomic E-state index is 4.33. The lowest BCUT2D eigenvalue weighted by Gasteiger charge is -2.40. The van der Waals surface area contributed by atoms with Crippen LogP contribution in [0.25, 0.3) is 0 Å². The summed E-state index contributed by atoms with van der Waals surface area (Å²) in [6.45, 7) is 9.06. The van der Waals surface area contributed by atoms with E-state index >= 15 is 0 Å². The topological polar surface area (TPSA) is 6.48 Å². The van der Waals surface area contributed by atoms with Crippen LogP contribution >= 0.6 is 12.6 Å². The molecule has 2 rings (SSSR count). The first-order valence-corrected chi connectivity index (χ1v) is 9.00. The maximum absolute atomic E-state index is 4.33. The van der Waals surface area contributed by atoms with Gasteiger partial charge >= 0.3 is 0 Å². The number of thiol groups is 1. The van der Waals surface area contributed by atoms with Crippen molar-refractivity contribution >= 4 is 12.6 Å². The molecule has 0 radical (unpaired) electrons. The molecule has 19 heavy (non-hydrogen) atoms. The van der Waals surface area contributed by atoms with Crippen LogP contribution < -0.4 is 0 Å². The van der Waals surface area contributed by atoms with Crippen molar-refractivity contribution in [3.05, 3.63) is 0 Å². The second-order valence-electron chi connectivity index (χ2n) is 6.58. The van der Waals surface area contributed by atoms with E-state index in [1.54, 1.807) is 0 Å². The normalized spacial score (nSPS) is 25.6. The molecule has 0 saturated carbocycles.